The molecule has 0 saturated carbocycles. The number of carbonyl (C=O) groups is 1. The summed E-state index contributed by atoms with van der Waals surface area (Å²) in [5.41, 5.74) is 1.29. The van der Waals surface area contributed by atoms with Crippen molar-refractivity contribution in [1.29, 1.82) is 5.26 Å². The number of aryl methyl sites for hydroxylation is 1. The van der Waals surface area contributed by atoms with E-state index in [9.17, 15) is 4.79 Å². The van der Waals surface area contributed by atoms with Crippen LogP contribution in [0, 0.1) is 18.3 Å². The first-order valence-corrected chi connectivity index (χ1v) is 7.31. The summed E-state index contributed by atoms with van der Waals surface area (Å²) in [6.45, 7) is 1.83. The third-order valence-electron chi connectivity index (χ3n) is 2.90. The molecule has 1 amide bonds. The highest BCUT2D eigenvalue weighted by molar-refractivity contribution is 6.31. The van der Waals surface area contributed by atoms with Gasteiger partial charge in [0.2, 0.25) is 0 Å². The minimum absolute atomic E-state index is 0.0962. The Labute approximate surface area is 143 Å². The second kappa shape index (κ2) is 7.63. The van der Waals surface area contributed by atoms with Gasteiger partial charge in [-0.3, -0.25) is 4.79 Å². The smallest absolute Gasteiger partial charge is 0.267 e. The Kier molecular flexibility index (Phi) is 5.58. The Bertz CT molecular complexity index is 795. The van der Waals surface area contributed by atoms with Gasteiger partial charge in [0.15, 0.2) is 0 Å². The minimum Gasteiger partial charge on any atom is -0.345 e. The molecule has 0 aliphatic heterocycles. The second-order valence-electron chi connectivity index (χ2n) is 4.59. The van der Waals surface area contributed by atoms with E-state index in [1.54, 1.807) is 30.3 Å². The number of anilines is 2. The van der Waals surface area contributed by atoms with Crippen LogP contribution < -0.4 is 10.6 Å². The predicted octanol–water partition coefficient (Wildman–Crippen LogP) is 4.15. The molecule has 2 rings (SSSR count). The number of hydrogen-bond donors (Lipinski definition) is 2. The molecule has 0 aliphatic carbocycles. The summed E-state index contributed by atoms with van der Waals surface area (Å²) in [6.07, 6.45) is 2.74. The number of benzene rings is 1. The first-order valence-electron chi connectivity index (χ1n) is 6.55. The lowest BCUT2D eigenvalue weighted by Crippen LogP contribution is -2.15. The zero-order valence-corrected chi connectivity index (χ0v) is 13.6. The quantitative estimate of drug-likeness (QED) is 0.643. The maximum absolute atomic E-state index is 12.2. The topological polar surface area (TPSA) is 77.8 Å². The van der Waals surface area contributed by atoms with Crippen LogP contribution in [0.15, 0.2) is 48.3 Å². The van der Waals surface area contributed by atoms with Gasteiger partial charge in [0.1, 0.15) is 17.5 Å². The van der Waals surface area contributed by atoms with Gasteiger partial charge in [-0.25, -0.2) is 4.98 Å². The molecule has 0 bridgehead atoms. The van der Waals surface area contributed by atoms with Crippen LogP contribution in [0.1, 0.15) is 5.56 Å². The third-order valence-corrected chi connectivity index (χ3v) is 3.36. The van der Waals surface area contributed by atoms with E-state index in [1.807, 2.05) is 13.0 Å². The summed E-state index contributed by atoms with van der Waals surface area (Å²) >= 11 is 11.6. The van der Waals surface area contributed by atoms with Crippen molar-refractivity contribution in [3.63, 3.8) is 0 Å². The fraction of sp³-hybridized carbons (Fsp3) is 0.0625. The van der Waals surface area contributed by atoms with Crippen LogP contribution in [0.4, 0.5) is 11.5 Å². The Morgan fingerprint density at radius 3 is 2.65 bits per heavy atom. The number of carbonyl (C=O) groups excluding carboxylic acids is 1. The predicted molar refractivity (Wildman–Crippen MR) is 91.4 cm³/mol. The lowest BCUT2D eigenvalue weighted by atomic mass is 10.2. The van der Waals surface area contributed by atoms with E-state index in [0.29, 0.717) is 21.6 Å². The van der Waals surface area contributed by atoms with Gasteiger partial charge in [-0.15, -0.1) is 0 Å². The largest absolute Gasteiger partial charge is 0.345 e. The lowest BCUT2D eigenvalue weighted by Gasteiger charge is -2.08. The molecule has 0 fully saturated rings. The molecule has 2 aromatic rings. The van der Waals surface area contributed by atoms with Gasteiger partial charge in [-0.2, -0.15) is 5.26 Å². The summed E-state index contributed by atoms with van der Waals surface area (Å²) in [5.74, 6) is -0.0757. The number of aromatic nitrogens is 1. The van der Waals surface area contributed by atoms with Crippen LogP contribution in [-0.4, -0.2) is 10.9 Å². The van der Waals surface area contributed by atoms with E-state index in [0.717, 1.165) is 5.56 Å². The number of halogens is 2. The summed E-state index contributed by atoms with van der Waals surface area (Å²) < 4.78 is 0. The van der Waals surface area contributed by atoms with Crippen LogP contribution in [0.2, 0.25) is 10.0 Å². The lowest BCUT2D eigenvalue weighted by molar-refractivity contribution is -0.112. The maximum atomic E-state index is 12.2. The van der Waals surface area contributed by atoms with Crippen LogP contribution >= 0.6 is 23.2 Å². The molecule has 7 heteroatoms. The molecule has 1 aromatic carbocycles. The van der Waals surface area contributed by atoms with Crippen molar-refractivity contribution in [2.45, 2.75) is 6.92 Å². The number of nitriles is 1. The Balaban J connectivity index is 2.12. The van der Waals surface area contributed by atoms with Crippen molar-refractivity contribution in [1.82, 2.24) is 4.98 Å². The van der Waals surface area contributed by atoms with Crippen molar-refractivity contribution in [2.75, 3.05) is 10.6 Å². The van der Waals surface area contributed by atoms with E-state index in [4.69, 9.17) is 28.5 Å². The second-order valence-corrected chi connectivity index (χ2v) is 5.46. The van der Waals surface area contributed by atoms with Crippen molar-refractivity contribution in [3.05, 3.63) is 63.9 Å². The molecule has 116 valence electrons. The van der Waals surface area contributed by atoms with Crippen molar-refractivity contribution >= 4 is 40.6 Å². The fourth-order valence-electron chi connectivity index (χ4n) is 1.67. The third kappa shape index (κ3) is 4.71. The van der Waals surface area contributed by atoms with Gasteiger partial charge >= 0.3 is 0 Å². The normalized spacial score (nSPS) is 10.8. The average molecular weight is 347 g/mol. The van der Waals surface area contributed by atoms with Crippen LogP contribution in [0.25, 0.3) is 0 Å². The molecule has 23 heavy (non-hydrogen) atoms. The molecular weight excluding hydrogens is 335 g/mol. The molecule has 0 unspecified atom stereocenters. The number of hydrogen-bond acceptors (Lipinski definition) is 4. The van der Waals surface area contributed by atoms with Gasteiger partial charge in [-0.05, 0) is 36.8 Å². The first kappa shape index (κ1) is 16.8. The molecule has 0 saturated heterocycles. The molecule has 0 atom stereocenters. The SMILES string of the molecule is Cc1ccc(Cl)cc1NC(=O)/C(C#N)=C\Nc1ccc(Cl)cn1. The van der Waals surface area contributed by atoms with E-state index in [1.165, 1.54) is 12.4 Å². The molecule has 0 aliphatic rings. The fourth-order valence-corrected chi connectivity index (χ4v) is 1.96. The van der Waals surface area contributed by atoms with Gasteiger partial charge in [-0.1, -0.05) is 29.3 Å². The summed E-state index contributed by atoms with van der Waals surface area (Å²) in [4.78, 5) is 16.2. The van der Waals surface area contributed by atoms with Crippen LogP contribution in [0.3, 0.4) is 0 Å². The van der Waals surface area contributed by atoms with Crippen LogP contribution in [0.5, 0.6) is 0 Å². The highest BCUT2D eigenvalue weighted by Gasteiger charge is 2.11. The first-order chi connectivity index (χ1) is 11.0. The Morgan fingerprint density at radius 1 is 1.26 bits per heavy atom. The number of nitrogens with one attached hydrogen (secondary N) is 2. The van der Waals surface area contributed by atoms with Crippen molar-refractivity contribution in [2.24, 2.45) is 0 Å². The average Bonchev–Trinajstić information content (AvgIpc) is 2.53. The minimum atomic E-state index is -0.542. The zero-order valence-electron chi connectivity index (χ0n) is 12.1. The van der Waals surface area contributed by atoms with Gasteiger partial charge in [0.25, 0.3) is 5.91 Å². The molecule has 5 nitrogen and oxygen atoms in total. The molecular formula is C16H12Cl2N4O. The number of rotatable bonds is 4. The van der Waals surface area contributed by atoms with Crippen LogP contribution in [-0.2, 0) is 4.79 Å². The van der Waals surface area contributed by atoms with E-state index in [2.05, 4.69) is 15.6 Å². The standard InChI is InChI=1S/C16H12Cl2N4O/c1-10-2-3-12(17)6-14(10)22-16(23)11(7-19)8-20-15-5-4-13(18)9-21-15/h2-6,8-9H,1H3,(H,20,21)(H,22,23)/b11-8-. The summed E-state index contributed by atoms with van der Waals surface area (Å²) in [5, 5.41) is 15.6. The number of amides is 1. The zero-order chi connectivity index (χ0) is 16.8. The number of nitrogens with zero attached hydrogens (tertiary/aromatic N) is 2. The van der Waals surface area contributed by atoms with Gasteiger partial charge in [0.05, 0.1) is 5.02 Å². The Hall–Kier alpha value is -2.55. The van der Waals surface area contributed by atoms with E-state index >= 15 is 0 Å². The van der Waals surface area contributed by atoms with E-state index in [-0.39, 0.29) is 5.57 Å². The molecule has 0 spiro atoms. The Morgan fingerprint density at radius 2 is 2.00 bits per heavy atom. The van der Waals surface area contributed by atoms with Gasteiger partial charge in [0, 0.05) is 23.1 Å². The highest BCUT2D eigenvalue weighted by atomic mass is 35.5. The van der Waals surface area contributed by atoms with Crippen molar-refractivity contribution < 1.29 is 4.79 Å². The monoisotopic (exact) mass is 346 g/mol. The summed E-state index contributed by atoms with van der Waals surface area (Å²) in [6, 6.07) is 10.2. The molecule has 1 heterocycles. The molecule has 2 N–H and O–H groups in total. The van der Waals surface area contributed by atoms with Gasteiger partial charge < -0.3 is 10.6 Å². The number of pyridine rings is 1. The summed E-state index contributed by atoms with van der Waals surface area (Å²) in [7, 11) is 0. The van der Waals surface area contributed by atoms with E-state index < -0.39 is 5.91 Å². The molecule has 1 aromatic heterocycles. The van der Waals surface area contributed by atoms with Crippen molar-refractivity contribution in [3.8, 4) is 6.07 Å². The molecule has 0 radical (unpaired) electrons. The highest BCUT2D eigenvalue weighted by Crippen LogP contribution is 2.20. The maximum Gasteiger partial charge on any atom is 0.267 e.